The van der Waals surface area contributed by atoms with Gasteiger partial charge in [0.1, 0.15) is 19.2 Å². The smallest absolute Gasteiger partial charge is 0.130 e. The van der Waals surface area contributed by atoms with Crippen molar-refractivity contribution >= 4 is 0 Å². The molecule has 0 aliphatic carbocycles. The topological polar surface area (TPSA) is 84.8 Å². The molecule has 0 saturated carbocycles. The summed E-state index contributed by atoms with van der Waals surface area (Å²) in [6, 6.07) is 0. The Bertz CT molecular complexity index is 888. The van der Waals surface area contributed by atoms with Gasteiger partial charge >= 0.3 is 0 Å². The molecule has 0 fully saturated rings. The predicted molar refractivity (Wildman–Crippen MR) is 262 cm³/mol. The predicted octanol–water partition coefficient (Wildman–Crippen LogP) is 12.6. The molecule has 0 aromatic rings. The van der Waals surface area contributed by atoms with Crippen LogP contribution in [0.5, 0.6) is 0 Å². The molecule has 1 atom stereocenters. The van der Waals surface area contributed by atoms with Crippen molar-refractivity contribution in [2.45, 2.75) is 200 Å². The van der Waals surface area contributed by atoms with E-state index in [9.17, 15) is 0 Å². The van der Waals surface area contributed by atoms with Crippen molar-refractivity contribution in [3.63, 3.8) is 0 Å². The maximum absolute atomic E-state index is 8.70. The van der Waals surface area contributed by atoms with Crippen molar-refractivity contribution in [2.75, 3.05) is 120 Å². The molecule has 0 bridgehead atoms. The Kier molecular flexibility index (Phi) is 52.0. The molecule has 0 spiro atoms. The fourth-order valence-corrected chi connectivity index (χ4v) is 7.42. The molecule has 1 N–H and O–H groups in total. The summed E-state index contributed by atoms with van der Waals surface area (Å²) in [5.74, 6) is 0. The summed E-state index contributed by atoms with van der Waals surface area (Å²) < 4.78 is 41.3. The number of hydrogen-bond donors (Lipinski definition) is 1. The zero-order valence-electron chi connectivity index (χ0n) is 41.8. The van der Waals surface area contributed by atoms with Crippen LogP contribution in [0.1, 0.15) is 194 Å². The van der Waals surface area contributed by atoms with Crippen molar-refractivity contribution in [3.8, 4) is 0 Å². The second kappa shape index (κ2) is 52.7. The Morgan fingerprint density at radius 2 is 0.710 bits per heavy atom. The number of hydrogen-bond acceptors (Lipinski definition) is 8. The Morgan fingerprint density at radius 3 is 1.11 bits per heavy atom. The number of rotatable bonds is 54. The minimum absolute atomic E-state index is 0.0360. The van der Waals surface area contributed by atoms with Crippen LogP contribution < -0.4 is 0 Å². The lowest BCUT2D eigenvalue weighted by atomic mass is 10.1. The number of nitrogens with zero attached hydrogens (tertiary/aromatic N) is 1. The van der Waals surface area contributed by atoms with Gasteiger partial charge in [0.2, 0.25) is 0 Å². The van der Waals surface area contributed by atoms with Crippen LogP contribution in [0.4, 0.5) is 0 Å². The van der Waals surface area contributed by atoms with Crippen molar-refractivity contribution in [2.24, 2.45) is 0 Å². The zero-order valence-corrected chi connectivity index (χ0v) is 41.8. The van der Waals surface area contributed by atoms with Gasteiger partial charge < -0.3 is 42.7 Å². The third kappa shape index (κ3) is 51.8. The van der Waals surface area contributed by atoms with E-state index in [0.717, 1.165) is 43.6 Å². The number of likely N-dealkylation sites (N-methyl/N-ethyl adjacent to an activating group) is 1. The first-order chi connectivity index (χ1) is 30.6. The van der Waals surface area contributed by atoms with Crippen molar-refractivity contribution < 1.29 is 42.7 Å². The third-order valence-corrected chi connectivity index (χ3v) is 11.4. The molecule has 62 heavy (non-hydrogen) atoms. The first-order valence-corrected chi connectivity index (χ1v) is 26.4. The summed E-state index contributed by atoms with van der Waals surface area (Å²) in [5.41, 5.74) is 0. The summed E-state index contributed by atoms with van der Waals surface area (Å²) in [7, 11) is 4.54. The number of aliphatic hydroxyl groups is 1. The second-order valence-electron chi connectivity index (χ2n) is 18.1. The van der Waals surface area contributed by atoms with E-state index in [1.165, 1.54) is 167 Å². The van der Waals surface area contributed by atoms with Gasteiger partial charge in [-0.05, 0) is 64.2 Å². The first kappa shape index (κ1) is 61.1. The SMILES string of the molecule is CCCCCCCCC=CCCCCCCCCOCC(C[N+](C)(C)CCOCCOCCOCCOCCOCCO)OCCCCCCCCC=CCCCCCCCC. The molecule has 0 heterocycles. The molecule has 0 aliphatic heterocycles. The highest BCUT2D eigenvalue weighted by Crippen LogP contribution is 2.13. The van der Waals surface area contributed by atoms with E-state index >= 15 is 0 Å². The summed E-state index contributed by atoms with van der Waals surface area (Å²) in [4.78, 5) is 0. The van der Waals surface area contributed by atoms with Crippen molar-refractivity contribution in [1.82, 2.24) is 0 Å². The van der Waals surface area contributed by atoms with Crippen LogP contribution in [0, 0.1) is 0 Å². The molecular formula is C53H106NO8+. The van der Waals surface area contributed by atoms with Crippen LogP contribution in [0.15, 0.2) is 24.3 Å². The highest BCUT2D eigenvalue weighted by Gasteiger charge is 2.23. The van der Waals surface area contributed by atoms with Gasteiger partial charge in [-0.3, -0.25) is 0 Å². The molecule has 0 aliphatic rings. The third-order valence-electron chi connectivity index (χ3n) is 11.4. The van der Waals surface area contributed by atoms with Crippen molar-refractivity contribution in [1.29, 1.82) is 0 Å². The number of quaternary nitrogens is 1. The fourth-order valence-electron chi connectivity index (χ4n) is 7.42. The molecule has 0 radical (unpaired) electrons. The minimum atomic E-state index is 0.0360. The lowest BCUT2D eigenvalue weighted by molar-refractivity contribution is -0.894. The molecule has 1 unspecified atom stereocenters. The van der Waals surface area contributed by atoms with Gasteiger partial charge in [-0.25, -0.2) is 0 Å². The molecule has 0 amide bonds. The van der Waals surface area contributed by atoms with Crippen LogP contribution in [0.25, 0.3) is 0 Å². The van der Waals surface area contributed by atoms with Gasteiger partial charge in [-0.15, -0.1) is 0 Å². The van der Waals surface area contributed by atoms with Gasteiger partial charge in [0.25, 0.3) is 0 Å². The van der Waals surface area contributed by atoms with Crippen LogP contribution in [0.3, 0.4) is 0 Å². The van der Waals surface area contributed by atoms with Gasteiger partial charge in [-0.1, -0.05) is 154 Å². The normalized spacial score (nSPS) is 12.8. The molecule has 9 heteroatoms. The maximum atomic E-state index is 8.70. The van der Waals surface area contributed by atoms with Crippen LogP contribution >= 0.6 is 0 Å². The largest absolute Gasteiger partial charge is 0.394 e. The minimum Gasteiger partial charge on any atom is -0.394 e. The van der Waals surface area contributed by atoms with E-state index in [4.69, 9.17) is 38.3 Å². The van der Waals surface area contributed by atoms with Gasteiger partial charge in [0.15, 0.2) is 0 Å². The Labute approximate surface area is 385 Å². The van der Waals surface area contributed by atoms with Crippen LogP contribution in [-0.2, 0) is 33.2 Å². The summed E-state index contributed by atoms with van der Waals surface area (Å²) >= 11 is 0. The van der Waals surface area contributed by atoms with Crippen LogP contribution in [0.2, 0.25) is 0 Å². The van der Waals surface area contributed by atoms with Gasteiger partial charge in [0, 0.05) is 13.2 Å². The Hall–Kier alpha value is -0.880. The summed E-state index contributed by atoms with van der Waals surface area (Å²) in [6.45, 7) is 14.0. The molecule has 0 aromatic carbocycles. The highest BCUT2D eigenvalue weighted by atomic mass is 16.6. The quantitative estimate of drug-likeness (QED) is 0.0367. The van der Waals surface area contributed by atoms with E-state index in [1.807, 2.05) is 0 Å². The van der Waals surface area contributed by atoms with Crippen LogP contribution in [-0.4, -0.2) is 135 Å². The number of aliphatic hydroxyl groups excluding tert-OH is 1. The maximum Gasteiger partial charge on any atom is 0.130 e. The second-order valence-corrected chi connectivity index (χ2v) is 18.1. The fraction of sp³-hybridized carbons (Fsp3) is 0.925. The molecule has 0 saturated heterocycles. The highest BCUT2D eigenvalue weighted by molar-refractivity contribution is 4.82. The lowest BCUT2D eigenvalue weighted by Crippen LogP contribution is -2.49. The summed E-state index contributed by atoms with van der Waals surface area (Å²) in [5, 5.41) is 8.70. The van der Waals surface area contributed by atoms with Gasteiger partial charge in [0.05, 0.1) is 93.4 Å². The molecule has 0 aromatic heterocycles. The number of unbranched alkanes of at least 4 members (excludes halogenated alkanes) is 24. The zero-order chi connectivity index (χ0) is 45.0. The Balaban J connectivity index is 4.24. The monoisotopic (exact) mass is 885 g/mol. The summed E-state index contributed by atoms with van der Waals surface area (Å²) in [6.07, 6.45) is 46.7. The molecule has 370 valence electrons. The van der Waals surface area contributed by atoms with E-state index in [1.54, 1.807) is 0 Å². The van der Waals surface area contributed by atoms with Crippen molar-refractivity contribution in [3.05, 3.63) is 24.3 Å². The number of ether oxygens (including phenoxy) is 7. The molecule has 9 nitrogen and oxygen atoms in total. The molecular weight excluding hydrogens is 779 g/mol. The Morgan fingerprint density at radius 1 is 0.371 bits per heavy atom. The van der Waals surface area contributed by atoms with Gasteiger partial charge in [-0.2, -0.15) is 0 Å². The number of allylic oxidation sites excluding steroid dienone is 4. The van der Waals surface area contributed by atoms with E-state index < -0.39 is 0 Å². The first-order valence-electron chi connectivity index (χ1n) is 26.4. The van der Waals surface area contributed by atoms with E-state index in [0.29, 0.717) is 72.7 Å². The standard InChI is InChI=1S/C53H106NO8/c1-5-7-9-11-13-15-17-19-21-23-25-27-29-31-33-35-39-61-52-53(62-40-36-34-32-30-28-26-24-22-20-18-16-14-12-10-8-6-2)51-54(3,4)37-41-56-43-45-58-47-49-60-50-48-59-46-44-57-42-38-55/h19-22,53,55H,5-18,23-52H2,1-4H3/q+1. The molecule has 0 rings (SSSR count). The van der Waals surface area contributed by atoms with E-state index in [2.05, 4.69) is 52.2 Å². The average molecular weight is 885 g/mol. The lowest BCUT2D eigenvalue weighted by Gasteiger charge is -2.33. The average Bonchev–Trinajstić information content (AvgIpc) is 3.26. The van der Waals surface area contributed by atoms with E-state index in [-0.39, 0.29) is 12.7 Å².